The van der Waals surface area contributed by atoms with Crippen molar-refractivity contribution < 1.29 is 4.79 Å². The minimum Gasteiger partial charge on any atom is -0.393 e. The van der Waals surface area contributed by atoms with Crippen LogP contribution in [0, 0.1) is 5.92 Å². The predicted molar refractivity (Wildman–Crippen MR) is 68.1 cm³/mol. The molecule has 0 radical (unpaired) electrons. The van der Waals surface area contributed by atoms with Crippen molar-refractivity contribution in [3.8, 4) is 0 Å². The first-order valence-corrected chi connectivity index (χ1v) is 5.92. The van der Waals surface area contributed by atoms with E-state index < -0.39 is 5.92 Å². The van der Waals surface area contributed by atoms with E-state index in [1.54, 1.807) is 0 Å². The second kappa shape index (κ2) is 6.29. The molecule has 6 nitrogen and oxygen atoms in total. The second-order valence-corrected chi connectivity index (χ2v) is 4.32. The maximum atomic E-state index is 11.9. The van der Waals surface area contributed by atoms with E-state index in [1.807, 2.05) is 13.8 Å². The van der Waals surface area contributed by atoms with Gasteiger partial charge in [-0.05, 0) is 13.3 Å². The quantitative estimate of drug-likeness (QED) is 0.650. The lowest BCUT2D eigenvalue weighted by Crippen LogP contribution is -2.39. The Morgan fingerprint density at radius 2 is 2.41 bits per heavy atom. The number of hydrogen-bond donors (Lipinski definition) is 3. The Morgan fingerprint density at radius 1 is 1.71 bits per heavy atom. The average molecular weight is 255 g/mol. The molecule has 0 saturated carbocycles. The van der Waals surface area contributed by atoms with Crippen LogP contribution in [0.5, 0.6) is 0 Å². The summed E-state index contributed by atoms with van der Waals surface area (Å²) in [6, 6.07) is -0.237. The molecular formula is C10H17N5OS. The fourth-order valence-electron chi connectivity index (χ4n) is 1.50. The summed E-state index contributed by atoms with van der Waals surface area (Å²) < 4.78 is 0. The van der Waals surface area contributed by atoms with E-state index in [9.17, 15) is 4.79 Å². The molecule has 1 amide bonds. The van der Waals surface area contributed by atoms with Crippen LogP contribution in [-0.4, -0.2) is 26.1 Å². The molecule has 2 unspecified atom stereocenters. The number of hydrogen-bond acceptors (Lipinski definition) is 4. The highest BCUT2D eigenvalue weighted by atomic mass is 32.1. The Kier molecular flexibility index (Phi) is 5.02. The van der Waals surface area contributed by atoms with E-state index in [0.29, 0.717) is 12.2 Å². The van der Waals surface area contributed by atoms with Gasteiger partial charge in [-0.3, -0.25) is 9.89 Å². The van der Waals surface area contributed by atoms with Gasteiger partial charge in [-0.25, -0.2) is 4.98 Å². The van der Waals surface area contributed by atoms with E-state index in [4.69, 9.17) is 18.0 Å². The van der Waals surface area contributed by atoms with Gasteiger partial charge in [-0.15, -0.1) is 0 Å². The van der Waals surface area contributed by atoms with Crippen molar-refractivity contribution in [1.82, 2.24) is 20.5 Å². The molecule has 17 heavy (non-hydrogen) atoms. The highest BCUT2D eigenvalue weighted by molar-refractivity contribution is 7.80. The van der Waals surface area contributed by atoms with Crippen LogP contribution in [-0.2, 0) is 4.79 Å². The number of thiocarbonyl (C=S) groups is 1. The van der Waals surface area contributed by atoms with E-state index in [0.717, 1.165) is 6.42 Å². The number of aromatic amines is 1. The molecule has 4 N–H and O–H groups in total. The summed E-state index contributed by atoms with van der Waals surface area (Å²) in [5.74, 6) is 0.0279. The molecule has 1 heterocycles. The predicted octanol–water partition coefficient (Wildman–Crippen LogP) is 0.684. The Labute approximate surface area is 105 Å². The van der Waals surface area contributed by atoms with Crippen molar-refractivity contribution in [3.63, 3.8) is 0 Å². The number of nitrogens with zero attached hydrogens (tertiary/aromatic N) is 2. The van der Waals surface area contributed by atoms with Crippen molar-refractivity contribution in [2.75, 3.05) is 0 Å². The van der Waals surface area contributed by atoms with E-state index in [2.05, 4.69) is 20.5 Å². The van der Waals surface area contributed by atoms with Gasteiger partial charge >= 0.3 is 0 Å². The van der Waals surface area contributed by atoms with Gasteiger partial charge in [0.15, 0.2) is 0 Å². The first-order valence-electron chi connectivity index (χ1n) is 5.51. The fraction of sp³-hybridized carbons (Fsp3) is 0.600. The largest absolute Gasteiger partial charge is 0.393 e. The number of H-pyrrole nitrogens is 1. The van der Waals surface area contributed by atoms with Crippen LogP contribution < -0.4 is 11.1 Å². The van der Waals surface area contributed by atoms with Crippen LogP contribution in [0.25, 0.3) is 0 Å². The zero-order valence-electron chi connectivity index (χ0n) is 9.93. The first kappa shape index (κ1) is 13.6. The second-order valence-electron chi connectivity index (χ2n) is 3.84. The summed E-state index contributed by atoms with van der Waals surface area (Å²) >= 11 is 4.89. The maximum Gasteiger partial charge on any atom is 0.230 e. The normalized spacial score (nSPS) is 14.0. The standard InChI is InChI=1S/C10H17N5OS/c1-3-4-7(8(11)17)10(16)14-6(2)9-12-5-13-15-9/h5-7H,3-4H2,1-2H3,(H2,11,17)(H,14,16)(H,12,13,15). The van der Waals surface area contributed by atoms with E-state index in [-0.39, 0.29) is 16.9 Å². The SMILES string of the molecule is CCCC(C(=O)NC(C)c1ncn[nH]1)C(N)=S. The molecule has 0 bridgehead atoms. The molecule has 0 fully saturated rings. The topological polar surface area (TPSA) is 96.7 Å². The molecule has 0 aliphatic carbocycles. The summed E-state index contributed by atoms with van der Waals surface area (Å²) in [4.78, 5) is 16.1. The van der Waals surface area contributed by atoms with Crippen molar-refractivity contribution in [2.24, 2.45) is 11.7 Å². The lowest BCUT2D eigenvalue weighted by atomic mass is 10.0. The van der Waals surface area contributed by atoms with Gasteiger partial charge in [0.2, 0.25) is 5.91 Å². The van der Waals surface area contributed by atoms with Gasteiger partial charge in [0, 0.05) is 0 Å². The molecule has 0 aliphatic rings. The monoisotopic (exact) mass is 255 g/mol. The summed E-state index contributed by atoms with van der Waals surface area (Å²) in [5, 5.41) is 9.24. The molecular weight excluding hydrogens is 238 g/mol. The first-order chi connectivity index (χ1) is 8.06. The zero-order chi connectivity index (χ0) is 12.8. The van der Waals surface area contributed by atoms with Gasteiger partial charge < -0.3 is 11.1 Å². The molecule has 0 aliphatic heterocycles. The van der Waals surface area contributed by atoms with Gasteiger partial charge in [0.1, 0.15) is 12.2 Å². The Morgan fingerprint density at radius 3 is 2.88 bits per heavy atom. The Bertz CT molecular complexity index is 378. The number of nitrogens with two attached hydrogens (primary N) is 1. The van der Waals surface area contributed by atoms with Crippen LogP contribution >= 0.6 is 12.2 Å². The van der Waals surface area contributed by atoms with Crippen LogP contribution in [0.2, 0.25) is 0 Å². The number of nitrogens with one attached hydrogen (secondary N) is 2. The number of aromatic nitrogens is 3. The van der Waals surface area contributed by atoms with Crippen molar-refractivity contribution in [3.05, 3.63) is 12.2 Å². The van der Waals surface area contributed by atoms with Gasteiger partial charge in [0.05, 0.1) is 16.9 Å². The third-order valence-corrected chi connectivity index (χ3v) is 2.72. The summed E-state index contributed by atoms with van der Waals surface area (Å²) in [6.07, 6.45) is 2.91. The summed E-state index contributed by atoms with van der Waals surface area (Å²) in [6.45, 7) is 3.80. The highest BCUT2D eigenvalue weighted by Gasteiger charge is 2.22. The minimum atomic E-state index is -0.416. The van der Waals surface area contributed by atoms with Crippen molar-refractivity contribution in [1.29, 1.82) is 0 Å². The third kappa shape index (κ3) is 3.77. The average Bonchev–Trinajstić information content (AvgIpc) is 2.78. The smallest absolute Gasteiger partial charge is 0.230 e. The fourth-order valence-corrected chi connectivity index (χ4v) is 1.72. The van der Waals surface area contributed by atoms with E-state index in [1.165, 1.54) is 6.33 Å². The zero-order valence-corrected chi connectivity index (χ0v) is 10.8. The molecule has 1 aromatic heterocycles. The lowest BCUT2D eigenvalue weighted by Gasteiger charge is -2.17. The van der Waals surface area contributed by atoms with Crippen LogP contribution in [0.1, 0.15) is 38.6 Å². The maximum absolute atomic E-state index is 11.9. The molecule has 7 heteroatoms. The molecule has 2 atom stereocenters. The van der Waals surface area contributed by atoms with E-state index >= 15 is 0 Å². The number of rotatable bonds is 6. The molecule has 0 saturated heterocycles. The lowest BCUT2D eigenvalue weighted by molar-refractivity contribution is -0.123. The highest BCUT2D eigenvalue weighted by Crippen LogP contribution is 2.11. The molecule has 0 spiro atoms. The Balaban J connectivity index is 2.60. The van der Waals surface area contributed by atoms with Gasteiger partial charge in [0.25, 0.3) is 0 Å². The van der Waals surface area contributed by atoms with Gasteiger partial charge in [-0.2, -0.15) is 5.10 Å². The molecule has 1 rings (SSSR count). The Hall–Kier alpha value is -1.50. The summed E-state index contributed by atoms with van der Waals surface area (Å²) in [7, 11) is 0. The van der Waals surface area contributed by atoms with Crippen LogP contribution in [0.3, 0.4) is 0 Å². The van der Waals surface area contributed by atoms with Crippen molar-refractivity contribution >= 4 is 23.1 Å². The van der Waals surface area contributed by atoms with Crippen molar-refractivity contribution in [2.45, 2.75) is 32.7 Å². The number of carbonyl (C=O) groups excluding carboxylic acids is 1. The number of amides is 1. The van der Waals surface area contributed by atoms with Gasteiger partial charge in [-0.1, -0.05) is 25.6 Å². The van der Waals surface area contributed by atoms with Crippen LogP contribution in [0.15, 0.2) is 6.33 Å². The third-order valence-electron chi connectivity index (χ3n) is 2.44. The molecule has 1 aromatic rings. The number of carbonyl (C=O) groups is 1. The summed E-state index contributed by atoms with van der Waals surface area (Å²) in [5.41, 5.74) is 5.55. The molecule has 94 valence electrons. The minimum absolute atomic E-state index is 0.164. The molecule has 0 aromatic carbocycles. The van der Waals surface area contributed by atoms with Crippen LogP contribution in [0.4, 0.5) is 0 Å².